The summed E-state index contributed by atoms with van der Waals surface area (Å²) in [4.78, 5) is 32.2. The minimum Gasteiger partial charge on any atom is -0.508 e. The van der Waals surface area contributed by atoms with Crippen molar-refractivity contribution in [1.29, 1.82) is 0 Å². The maximum absolute atomic E-state index is 11.9. The highest BCUT2D eigenvalue weighted by Crippen LogP contribution is 2.22. The number of Topliss-reactive ketones (excluding diaryl/α,β-unsaturated/α-hetero) is 1. The summed E-state index contributed by atoms with van der Waals surface area (Å²) in [5.74, 6) is -1.09. The van der Waals surface area contributed by atoms with E-state index in [1.54, 1.807) is 0 Å². The number of rotatable bonds is 10. The highest BCUT2D eigenvalue weighted by atomic mass is 16.4. The Morgan fingerprint density at radius 2 is 1.78 bits per heavy atom. The first-order valence-electron chi connectivity index (χ1n) is 8.62. The molecular formula is C18H29N3O6. The number of carboxylic acid groups (broad SMARTS) is 1. The SMILES string of the molecule is CC(=O)O.NCCC(=O)CCCCC(N)NC(=O)Cc1cc(O)ccc1O. The van der Waals surface area contributed by atoms with Crippen molar-refractivity contribution in [3.05, 3.63) is 23.8 Å². The van der Waals surface area contributed by atoms with Crippen LogP contribution in [0.15, 0.2) is 18.2 Å². The summed E-state index contributed by atoms with van der Waals surface area (Å²) in [6.07, 6.45) is 2.32. The Hall–Kier alpha value is -2.65. The van der Waals surface area contributed by atoms with Gasteiger partial charge in [-0.15, -0.1) is 0 Å². The molecule has 0 saturated carbocycles. The predicted molar refractivity (Wildman–Crippen MR) is 100 cm³/mol. The minimum absolute atomic E-state index is 0.0166. The topological polar surface area (TPSA) is 176 Å². The van der Waals surface area contributed by atoms with Gasteiger partial charge in [0.1, 0.15) is 17.3 Å². The molecule has 0 aromatic heterocycles. The van der Waals surface area contributed by atoms with Gasteiger partial charge in [0.05, 0.1) is 12.6 Å². The first-order valence-corrected chi connectivity index (χ1v) is 8.62. The van der Waals surface area contributed by atoms with Gasteiger partial charge >= 0.3 is 0 Å². The van der Waals surface area contributed by atoms with Crippen LogP contribution < -0.4 is 16.8 Å². The number of nitrogens with one attached hydrogen (secondary N) is 1. The fourth-order valence-corrected chi connectivity index (χ4v) is 2.19. The van der Waals surface area contributed by atoms with Crippen LogP contribution in [0.4, 0.5) is 0 Å². The van der Waals surface area contributed by atoms with Crippen LogP contribution in [0.25, 0.3) is 0 Å². The molecule has 0 bridgehead atoms. The molecule has 0 aliphatic heterocycles. The Balaban J connectivity index is 0.00000153. The Labute approximate surface area is 158 Å². The second-order valence-electron chi connectivity index (χ2n) is 6.01. The lowest BCUT2D eigenvalue weighted by molar-refractivity contribution is -0.134. The molecule has 1 amide bonds. The molecule has 0 heterocycles. The molecule has 1 unspecified atom stereocenters. The molecule has 0 aliphatic rings. The van der Waals surface area contributed by atoms with Crippen LogP contribution in [0.1, 0.15) is 44.6 Å². The summed E-state index contributed by atoms with van der Waals surface area (Å²) in [5, 5.41) is 29.0. The first kappa shape index (κ1) is 24.4. The third-order valence-corrected chi connectivity index (χ3v) is 3.40. The quantitative estimate of drug-likeness (QED) is 0.193. The Bertz CT molecular complexity index is 617. The van der Waals surface area contributed by atoms with Gasteiger partial charge < -0.3 is 32.1 Å². The molecule has 1 aromatic carbocycles. The molecule has 8 N–H and O–H groups in total. The number of aromatic hydroxyl groups is 2. The van der Waals surface area contributed by atoms with Gasteiger partial charge in [-0.3, -0.25) is 14.4 Å². The van der Waals surface area contributed by atoms with E-state index in [1.165, 1.54) is 18.2 Å². The zero-order chi connectivity index (χ0) is 20.8. The number of carbonyl (C=O) groups excluding carboxylic acids is 2. The van der Waals surface area contributed by atoms with Crippen LogP contribution >= 0.6 is 0 Å². The fourth-order valence-electron chi connectivity index (χ4n) is 2.19. The first-order chi connectivity index (χ1) is 12.6. The molecule has 0 saturated heterocycles. The van der Waals surface area contributed by atoms with Crippen LogP contribution in [-0.2, 0) is 20.8 Å². The van der Waals surface area contributed by atoms with E-state index in [0.717, 1.165) is 19.8 Å². The van der Waals surface area contributed by atoms with Crippen molar-refractivity contribution >= 4 is 17.7 Å². The van der Waals surface area contributed by atoms with Crippen LogP contribution in [0.3, 0.4) is 0 Å². The van der Waals surface area contributed by atoms with Crippen LogP contribution in [0.2, 0.25) is 0 Å². The summed E-state index contributed by atoms with van der Waals surface area (Å²) in [5.41, 5.74) is 11.5. The number of aliphatic carboxylic acids is 1. The van der Waals surface area contributed by atoms with Crippen molar-refractivity contribution in [2.45, 2.75) is 51.6 Å². The molecule has 1 atom stereocenters. The Morgan fingerprint density at radius 3 is 2.37 bits per heavy atom. The molecule has 0 radical (unpaired) electrons. The third-order valence-electron chi connectivity index (χ3n) is 3.40. The van der Waals surface area contributed by atoms with Gasteiger partial charge in [-0.1, -0.05) is 0 Å². The molecule has 0 spiro atoms. The molecule has 152 valence electrons. The van der Waals surface area contributed by atoms with E-state index >= 15 is 0 Å². The Morgan fingerprint density at radius 1 is 1.15 bits per heavy atom. The molecule has 27 heavy (non-hydrogen) atoms. The predicted octanol–water partition coefficient (Wildman–Crippen LogP) is 0.611. The van der Waals surface area contributed by atoms with Gasteiger partial charge in [-0.05, 0) is 44.0 Å². The van der Waals surface area contributed by atoms with Gasteiger partial charge in [0, 0.05) is 25.3 Å². The number of benzene rings is 1. The van der Waals surface area contributed by atoms with Crippen molar-refractivity contribution in [3.63, 3.8) is 0 Å². The zero-order valence-electron chi connectivity index (χ0n) is 15.5. The number of nitrogens with two attached hydrogens (primary N) is 2. The van der Waals surface area contributed by atoms with E-state index in [2.05, 4.69) is 5.32 Å². The smallest absolute Gasteiger partial charge is 0.300 e. The van der Waals surface area contributed by atoms with Crippen molar-refractivity contribution in [2.75, 3.05) is 6.54 Å². The van der Waals surface area contributed by atoms with E-state index in [9.17, 15) is 19.8 Å². The number of ketones is 1. The number of phenols is 2. The normalized spacial score (nSPS) is 11.1. The molecule has 9 nitrogen and oxygen atoms in total. The van der Waals surface area contributed by atoms with E-state index in [4.69, 9.17) is 21.4 Å². The second-order valence-corrected chi connectivity index (χ2v) is 6.01. The average molecular weight is 383 g/mol. The molecule has 9 heteroatoms. The average Bonchev–Trinajstić information content (AvgIpc) is 2.54. The van der Waals surface area contributed by atoms with Crippen LogP contribution in [0, 0.1) is 0 Å². The highest BCUT2D eigenvalue weighted by Gasteiger charge is 2.12. The monoisotopic (exact) mass is 383 g/mol. The number of hydrogen-bond acceptors (Lipinski definition) is 7. The van der Waals surface area contributed by atoms with E-state index in [1.807, 2.05) is 0 Å². The standard InChI is InChI=1S/C16H25N3O4.C2H4O2/c17-8-7-12(20)3-1-2-4-15(18)19-16(23)10-11-9-13(21)5-6-14(11)22;1-2(3)4/h5-6,9,15,21-22H,1-4,7-8,10,17-18H2,(H,19,23);1H3,(H,3,4). The van der Waals surface area contributed by atoms with E-state index in [0.29, 0.717) is 31.4 Å². The number of phenolic OH excluding ortho intramolecular Hbond substituents is 2. The fraction of sp³-hybridized carbons (Fsp3) is 0.500. The van der Waals surface area contributed by atoms with Crippen molar-refractivity contribution < 1.29 is 29.7 Å². The minimum atomic E-state index is -0.833. The van der Waals surface area contributed by atoms with Crippen LogP contribution in [0.5, 0.6) is 11.5 Å². The largest absolute Gasteiger partial charge is 0.508 e. The van der Waals surface area contributed by atoms with Crippen molar-refractivity contribution in [2.24, 2.45) is 11.5 Å². The number of carbonyl (C=O) groups is 3. The highest BCUT2D eigenvalue weighted by molar-refractivity contribution is 5.79. The second kappa shape index (κ2) is 13.5. The maximum Gasteiger partial charge on any atom is 0.300 e. The van der Waals surface area contributed by atoms with Gasteiger partial charge in [0.15, 0.2) is 0 Å². The van der Waals surface area contributed by atoms with Gasteiger partial charge in [0.25, 0.3) is 5.97 Å². The zero-order valence-corrected chi connectivity index (χ0v) is 15.5. The van der Waals surface area contributed by atoms with E-state index < -0.39 is 12.1 Å². The lowest BCUT2D eigenvalue weighted by Gasteiger charge is -2.14. The number of amides is 1. The molecule has 0 fully saturated rings. The van der Waals surface area contributed by atoms with Gasteiger partial charge in [-0.2, -0.15) is 0 Å². The number of unbranched alkanes of at least 4 members (excludes halogenated alkanes) is 1. The molecule has 1 rings (SSSR count). The van der Waals surface area contributed by atoms with Gasteiger partial charge in [-0.25, -0.2) is 0 Å². The third kappa shape index (κ3) is 13.2. The van der Waals surface area contributed by atoms with Gasteiger partial charge in [0.2, 0.25) is 5.91 Å². The summed E-state index contributed by atoms with van der Waals surface area (Å²) >= 11 is 0. The lowest BCUT2D eigenvalue weighted by Crippen LogP contribution is -2.42. The summed E-state index contributed by atoms with van der Waals surface area (Å²) in [7, 11) is 0. The molecule has 0 aliphatic carbocycles. The summed E-state index contributed by atoms with van der Waals surface area (Å²) in [6, 6.07) is 4.01. The van der Waals surface area contributed by atoms with Crippen molar-refractivity contribution in [1.82, 2.24) is 5.32 Å². The summed E-state index contributed by atoms with van der Waals surface area (Å²) < 4.78 is 0. The Kier molecular flexibility index (Phi) is 12.2. The maximum atomic E-state index is 11.9. The molecular weight excluding hydrogens is 354 g/mol. The molecule has 1 aromatic rings. The number of hydrogen-bond donors (Lipinski definition) is 6. The van der Waals surface area contributed by atoms with Crippen molar-refractivity contribution in [3.8, 4) is 11.5 Å². The number of carboxylic acids is 1. The van der Waals surface area contributed by atoms with Crippen LogP contribution in [-0.4, -0.2) is 45.7 Å². The summed E-state index contributed by atoms with van der Waals surface area (Å²) in [6.45, 7) is 1.45. The van der Waals surface area contributed by atoms with E-state index in [-0.39, 0.29) is 29.6 Å². The lowest BCUT2D eigenvalue weighted by atomic mass is 10.1.